The highest BCUT2D eigenvalue weighted by atomic mass is 28.3. The molecule has 4 aliphatic heterocycles. The maximum atomic E-state index is 6.65. The molecule has 0 bridgehead atoms. The lowest BCUT2D eigenvalue weighted by atomic mass is 9.61. The van der Waals surface area contributed by atoms with Crippen molar-refractivity contribution in [2.24, 2.45) is 0 Å². The van der Waals surface area contributed by atoms with Gasteiger partial charge in [0.25, 0.3) is 0 Å². The second kappa shape index (κ2) is 10.6. The summed E-state index contributed by atoms with van der Waals surface area (Å²) in [4.78, 5) is 2.53. The number of hydrogen-bond donors (Lipinski definition) is 0. The van der Waals surface area contributed by atoms with Crippen LogP contribution in [0.5, 0.6) is 11.5 Å². The van der Waals surface area contributed by atoms with Gasteiger partial charge < -0.3 is 9.64 Å². The van der Waals surface area contributed by atoms with E-state index in [1.54, 1.807) is 0 Å². The van der Waals surface area contributed by atoms with Crippen molar-refractivity contribution < 1.29 is 4.74 Å². The van der Waals surface area contributed by atoms with Gasteiger partial charge in [0.2, 0.25) is 0 Å². The van der Waals surface area contributed by atoms with Crippen LogP contribution in [0.3, 0.4) is 0 Å². The van der Waals surface area contributed by atoms with Gasteiger partial charge in [0.15, 0.2) is 8.07 Å². The van der Waals surface area contributed by atoms with E-state index < -0.39 is 13.5 Å². The molecule has 2 spiro atoms. The van der Waals surface area contributed by atoms with Gasteiger partial charge in [0.05, 0.1) is 16.8 Å². The summed E-state index contributed by atoms with van der Waals surface area (Å²) in [6.07, 6.45) is 0. The molecule has 2 nitrogen and oxygen atoms in total. The average Bonchev–Trinajstić information content (AvgIpc) is 3.66. The predicted octanol–water partition coefficient (Wildman–Crippen LogP) is 9.91. The number of nitrogens with zero attached hydrogens (tertiary/aromatic N) is 1. The Morgan fingerprint density at radius 3 is 1.44 bits per heavy atom. The number of fused-ring (bicyclic) bond motifs is 18. The summed E-state index contributed by atoms with van der Waals surface area (Å²) in [7, 11) is -2.67. The molecule has 0 aromatic heterocycles. The Balaban J connectivity index is 1.17. The molecule has 12 rings (SSSR count). The SMILES string of the molecule is Cc1ccc2c(c1)[Si]1(c3ccccc3-c3ccc(N4c5ccccc5C5(c6ccccc6Oc6ccccc65)c5ccccc54)cc31)c1cc(C)ccc1-2. The van der Waals surface area contributed by atoms with Crippen LogP contribution in [0.4, 0.5) is 17.1 Å². The number of rotatable bonds is 1. The van der Waals surface area contributed by atoms with E-state index in [9.17, 15) is 0 Å². The average molecular weight is 706 g/mol. The van der Waals surface area contributed by atoms with Crippen LogP contribution in [0.1, 0.15) is 33.4 Å². The van der Waals surface area contributed by atoms with Gasteiger partial charge >= 0.3 is 0 Å². The second-order valence-corrected chi connectivity index (χ2v) is 19.0. The quantitative estimate of drug-likeness (QED) is 0.158. The minimum Gasteiger partial charge on any atom is -0.457 e. The van der Waals surface area contributed by atoms with Gasteiger partial charge in [-0.3, -0.25) is 0 Å². The normalized spacial score (nSPS) is 15.3. The Morgan fingerprint density at radius 1 is 0.407 bits per heavy atom. The third-order valence-electron chi connectivity index (χ3n) is 12.6. The van der Waals surface area contributed by atoms with Gasteiger partial charge in [-0.1, -0.05) is 151 Å². The number of hydrogen-bond acceptors (Lipinski definition) is 2. The van der Waals surface area contributed by atoms with Crippen LogP contribution in [0.15, 0.2) is 176 Å². The van der Waals surface area contributed by atoms with Crippen molar-refractivity contribution in [2.45, 2.75) is 19.3 Å². The predicted molar refractivity (Wildman–Crippen MR) is 224 cm³/mol. The highest BCUT2D eigenvalue weighted by molar-refractivity contribution is 7.24. The summed E-state index contributed by atoms with van der Waals surface area (Å²) in [5.74, 6) is 1.81. The standard InChI is InChI=1S/C51H35NOSi/c1-32-23-26-36-37-27-24-33(2)30-49(37)54(48(36)29-32)47-22-12-3-13-35(47)38-28-25-34(31-50(38)54)52-43-18-8-4-14-39(43)51(40-15-5-9-19-44(40)52)41-16-6-10-20-45(41)53-46-21-11-7-17-42(46)51/h3-31H,1-2H3. The van der Waals surface area contributed by atoms with Gasteiger partial charge in [0.1, 0.15) is 11.5 Å². The molecule has 0 aliphatic carbocycles. The van der Waals surface area contributed by atoms with E-state index in [4.69, 9.17) is 4.74 Å². The van der Waals surface area contributed by atoms with Gasteiger partial charge in [0, 0.05) is 16.8 Å². The lowest BCUT2D eigenvalue weighted by Gasteiger charge is -2.48. The molecule has 4 aliphatic rings. The zero-order valence-electron chi connectivity index (χ0n) is 30.1. The smallest absolute Gasteiger partial charge is 0.182 e. The Morgan fingerprint density at radius 2 is 0.852 bits per heavy atom. The summed E-state index contributed by atoms with van der Waals surface area (Å²) in [6.45, 7) is 4.50. The van der Waals surface area contributed by atoms with Crippen LogP contribution >= 0.6 is 0 Å². The topological polar surface area (TPSA) is 12.5 Å². The molecular formula is C51H35NOSi. The Labute approximate surface area is 316 Å². The molecule has 54 heavy (non-hydrogen) atoms. The third-order valence-corrected chi connectivity index (χ3v) is 17.5. The monoisotopic (exact) mass is 705 g/mol. The molecule has 0 fully saturated rings. The lowest BCUT2D eigenvalue weighted by Crippen LogP contribution is -2.70. The van der Waals surface area contributed by atoms with Gasteiger partial charge in [-0.25, -0.2) is 0 Å². The molecule has 8 aromatic rings. The zero-order chi connectivity index (χ0) is 35.8. The molecule has 0 unspecified atom stereocenters. The summed E-state index contributed by atoms with van der Waals surface area (Å²) >= 11 is 0. The maximum Gasteiger partial charge on any atom is 0.182 e. The lowest BCUT2D eigenvalue weighted by molar-refractivity contribution is 0.434. The largest absolute Gasteiger partial charge is 0.457 e. The molecule has 0 amide bonds. The number of ether oxygens (including phenoxy) is 1. The molecule has 0 atom stereocenters. The number of para-hydroxylation sites is 4. The summed E-state index contributed by atoms with van der Waals surface area (Å²) in [5, 5.41) is 6.01. The minimum absolute atomic E-state index is 0.559. The summed E-state index contributed by atoms with van der Waals surface area (Å²) in [6, 6.07) is 66.3. The molecule has 0 saturated carbocycles. The minimum atomic E-state index is -2.67. The van der Waals surface area contributed by atoms with Crippen LogP contribution in [-0.2, 0) is 5.41 Å². The van der Waals surface area contributed by atoms with E-state index in [1.807, 2.05) is 0 Å². The number of aryl methyl sites for hydroxylation is 2. The molecule has 8 aromatic carbocycles. The zero-order valence-corrected chi connectivity index (χ0v) is 31.1. The van der Waals surface area contributed by atoms with Crippen molar-refractivity contribution in [1.29, 1.82) is 0 Å². The van der Waals surface area contributed by atoms with Crippen LogP contribution in [0.25, 0.3) is 22.3 Å². The van der Waals surface area contributed by atoms with Crippen LogP contribution in [-0.4, -0.2) is 8.07 Å². The Hall–Kier alpha value is -6.42. The van der Waals surface area contributed by atoms with Gasteiger partial charge in [-0.15, -0.1) is 0 Å². The first-order chi connectivity index (χ1) is 26.6. The van der Waals surface area contributed by atoms with Crippen molar-refractivity contribution >= 4 is 45.9 Å². The molecule has 4 heterocycles. The van der Waals surface area contributed by atoms with Crippen molar-refractivity contribution in [2.75, 3.05) is 4.90 Å². The first kappa shape index (κ1) is 30.1. The first-order valence-electron chi connectivity index (χ1n) is 18.9. The van der Waals surface area contributed by atoms with Gasteiger partial charge in [-0.2, -0.15) is 0 Å². The molecule has 0 radical (unpaired) electrons. The van der Waals surface area contributed by atoms with Crippen molar-refractivity contribution in [3.63, 3.8) is 0 Å². The van der Waals surface area contributed by atoms with Crippen molar-refractivity contribution in [1.82, 2.24) is 0 Å². The first-order valence-corrected chi connectivity index (χ1v) is 20.9. The fraction of sp³-hybridized carbons (Fsp3) is 0.0588. The molecule has 254 valence electrons. The van der Waals surface area contributed by atoms with Crippen molar-refractivity contribution in [3.8, 4) is 33.8 Å². The third kappa shape index (κ3) is 3.56. The van der Waals surface area contributed by atoms with E-state index in [0.29, 0.717) is 0 Å². The van der Waals surface area contributed by atoms with E-state index in [1.165, 1.54) is 93.4 Å². The highest BCUT2D eigenvalue weighted by Gasteiger charge is 2.55. The molecular weight excluding hydrogens is 671 g/mol. The van der Waals surface area contributed by atoms with E-state index in [-0.39, 0.29) is 0 Å². The highest BCUT2D eigenvalue weighted by Crippen LogP contribution is 2.62. The fourth-order valence-electron chi connectivity index (χ4n) is 10.6. The van der Waals surface area contributed by atoms with E-state index in [2.05, 4.69) is 195 Å². The molecule has 3 heteroatoms. The van der Waals surface area contributed by atoms with E-state index in [0.717, 1.165) is 11.5 Å². The maximum absolute atomic E-state index is 6.65. The van der Waals surface area contributed by atoms with E-state index >= 15 is 0 Å². The number of benzene rings is 8. The van der Waals surface area contributed by atoms with Gasteiger partial charge in [-0.05, 0) is 104 Å². The van der Waals surface area contributed by atoms with Crippen molar-refractivity contribution in [3.05, 3.63) is 209 Å². The number of anilines is 3. The second-order valence-electron chi connectivity index (χ2n) is 15.3. The van der Waals surface area contributed by atoms with Crippen LogP contribution in [0, 0.1) is 13.8 Å². The fourth-order valence-corrected chi connectivity index (χ4v) is 16.5. The molecule has 0 saturated heterocycles. The van der Waals surface area contributed by atoms with Crippen LogP contribution < -0.4 is 30.4 Å². The Kier molecular flexibility index (Phi) is 5.90. The Bertz CT molecular complexity index is 2780. The molecule has 0 N–H and O–H groups in total. The summed E-state index contributed by atoms with van der Waals surface area (Å²) in [5.41, 5.74) is 16.0. The van der Waals surface area contributed by atoms with Crippen LogP contribution in [0.2, 0.25) is 0 Å². The summed E-state index contributed by atoms with van der Waals surface area (Å²) < 4.78 is 6.65.